The molecule has 6 rings (SSSR count). The minimum Gasteiger partial charge on any atom is -0.0622 e. The second kappa shape index (κ2) is 5.94. The van der Waals surface area contributed by atoms with Crippen molar-refractivity contribution < 1.29 is 0 Å². The minimum atomic E-state index is 1.26. The van der Waals surface area contributed by atoms with Crippen LogP contribution >= 0.6 is 0 Å². The Hall–Kier alpha value is -3.64. The van der Waals surface area contributed by atoms with E-state index in [2.05, 4.69) is 109 Å². The van der Waals surface area contributed by atoms with Crippen molar-refractivity contribution in [1.82, 2.24) is 0 Å². The Morgan fingerprint density at radius 1 is 0.321 bits per heavy atom. The van der Waals surface area contributed by atoms with Crippen LogP contribution in [-0.2, 0) is 0 Å². The molecule has 0 aromatic heterocycles. The van der Waals surface area contributed by atoms with Crippen LogP contribution in [0.5, 0.6) is 0 Å². The number of hydrogen-bond acceptors (Lipinski definition) is 0. The molecule has 0 unspecified atom stereocenters. The molecule has 0 radical (unpaired) electrons. The van der Waals surface area contributed by atoms with Crippen molar-refractivity contribution in [2.75, 3.05) is 0 Å². The highest BCUT2D eigenvalue weighted by Gasteiger charge is 2.08. The van der Waals surface area contributed by atoms with Gasteiger partial charge < -0.3 is 0 Å². The van der Waals surface area contributed by atoms with Gasteiger partial charge in [-0.2, -0.15) is 0 Å². The van der Waals surface area contributed by atoms with Gasteiger partial charge in [-0.05, 0) is 78.5 Å². The highest BCUT2D eigenvalue weighted by atomic mass is 14.1. The predicted octanol–water partition coefficient (Wildman–Crippen LogP) is 7.97. The van der Waals surface area contributed by atoms with E-state index in [4.69, 9.17) is 0 Å². The van der Waals surface area contributed by atoms with Crippen LogP contribution < -0.4 is 0 Å². The molecule has 0 saturated carbocycles. The monoisotopic (exact) mass is 354 g/mol. The molecule has 0 amide bonds. The number of rotatable bonds is 1. The molecule has 0 fully saturated rings. The molecular weight excluding hydrogens is 336 g/mol. The lowest BCUT2D eigenvalue weighted by Gasteiger charge is -2.11. The van der Waals surface area contributed by atoms with Gasteiger partial charge in [-0.25, -0.2) is 0 Å². The smallest absolute Gasteiger partial charge is 0.00986 e. The molecule has 0 heterocycles. The van der Waals surface area contributed by atoms with Gasteiger partial charge in [0.2, 0.25) is 0 Å². The first-order chi connectivity index (χ1) is 13.9. The molecule has 0 heteroatoms. The van der Waals surface area contributed by atoms with E-state index in [1.165, 1.54) is 54.2 Å². The molecule has 0 N–H and O–H groups in total. The lowest BCUT2D eigenvalue weighted by molar-refractivity contribution is 1.66. The maximum atomic E-state index is 2.38. The summed E-state index contributed by atoms with van der Waals surface area (Å²) in [5.74, 6) is 0. The van der Waals surface area contributed by atoms with E-state index in [1.54, 1.807) is 0 Å². The summed E-state index contributed by atoms with van der Waals surface area (Å²) in [6, 6.07) is 39.7. The Labute approximate surface area is 163 Å². The topological polar surface area (TPSA) is 0 Å². The molecule has 0 aliphatic heterocycles. The van der Waals surface area contributed by atoms with Gasteiger partial charge in [0, 0.05) is 0 Å². The molecule has 6 aromatic carbocycles. The standard InChI is InChI=1S/C28H18/c1-2-7-19(8-3-1)25-12-6-11-22-16-24-14-13-23-15-20-9-4-5-10-21(20)17-26(23)28(24)18-27(22)25/h1-18H. The fourth-order valence-corrected chi connectivity index (χ4v) is 4.39. The zero-order valence-electron chi connectivity index (χ0n) is 15.4. The van der Waals surface area contributed by atoms with Crippen LogP contribution in [0.25, 0.3) is 54.2 Å². The Balaban J connectivity index is 1.75. The highest BCUT2D eigenvalue weighted by molar-refractivity contribution is 6.16. The number of hydrogen-bond donors (Lipinski definition) is 0. The summed E-state index contributed by atoms with van der Waals surface area (Å²) in [6.07, 6.45) is 0. The van der Waals surface area contributed by atoms with Gasteiger partial charge in [0.15, 0.2) is 0 Å². The van der Waals surface area contributed by atoms with Gasteiger partial charge >= 0.3 is 0 Å². The SMILES string of the molecule is c1ccc(-c2cccc3cc4ccc5cc6ccccc6cc5c4cc23)cc1. The van der Waals surface area contributed by atoms with Gasteiger partial charge in [0.25, 0.3) is 0 Å². The van der Waals surface area contributed by atoms with Gasteiger partial charge in [0.05, 0.1) is 0 Å². The molecule has 0 aliphatic carbocycles. The van der Waals surface area contributed by atoms with Crippen LogP contribution in [0.2, 0.25) is 0 Å². The van der Waals surface area contributed by atoms with Crippen molar-refractivity contribution in [3.05, 3.63) is 109 Å². The van der Waals surface area contributed by atoms with Gasteiger partial charge in [-0.1, -0.05) is 84.9 Å². The van der Waals surface area contributed by atoms with Crippen LogP contribution in [0, 0.1) is 0 Å². The average molecular weight is 354 g/mol. The molecule has 0 spiro atoms. The van der Waals surface area contributed by atoms with Crippen molar-refractivity contribution in [2.24, 2.45) is 0 Å². The summed E-state index contributed by atoms with van der Waals surface area (Å²) in [4.78, 5) is 0. The van der Waals surface area contributed by atoms with E-state index in [1.807, 2.05) is 0 Å². The lowest BCUT2D eigenvalue weighted by atomic mass is 9.93. The highest BCUT2D eigenvalue weighted by Crippen LogP contribution is 2.35. The summed E-state index contributed by atoms with van der Waals surface area (Å²) in [5, 5.41) is 10.4. The third-order valence-electron chi connectivity index (χ3n) is 5.79. The molecule has 0 aliphatic rings. The van der Waals surface area contributed by atoms with Crippen molar-refractivity contribution in [3.63, 3.8) is 0 Å². The molecular formula is C28H18. The fourth-order valence-electron chi connectivity index (χ4n) is 4.39. The predicted molar refractivity (Wildman–Crippen MR) is 122 cm³/mol. The first-order valence-corrected chi connectivity index (χ1v) is 9.70. The number of benzene rings is 6. The largest absolute Gasteiger partial charge is 0.0622 e. The van der Waals surface area contributed by atoms with Crippen molar-refractivity contribution >= 4 is 43.1 Å². The van der Waals surface area contributed by atoms with E-state index >= 15 is 0 Å². The Bertz CT molecular complexity index is 1490. The lowest BCUT2D eigenvalue weighted by Crippen LogP contribution is -1.84. The fraction of sp³-hybridized carbons (Fsp3) is 0. The summed E-state index contributed by atoms with van der Waals surface area (Å²) >= 11 is 0. The van der Waals surface area contributed by atoms with Crippen molar-refractivity contribution in [2.45, 2.75) is 0 Å². The van der Waals surface area contributed by atoms with Crippen molar-refractivity contribution in [1.29, 1.82) is 0 Å². The Morgan fingerprint density at radius 2 is 0.893 bits per heavy atom. The first-order valence-electron chi connectivity index (χ1n) is 9.70. The summed E-state index contributed by atoms with van der Waals surface area (Å²) < 4.78 is 0. The second-order valence-electron chi connectivity index (χ2n) is 7.45. The maximum Gasteiger partial charge on any atom is -0.00986 e. The quantitative estimate of drug-likeness (QED) is 0.207. The zero-order valence-corrected chi connectivity index (χ0v) is 15.4. The molecule has 6 aromatic rings. The van der Waals surface area contributed by atoms with E-state index in [9.17, 15) is 0 Å². The zero-order chi connectivity index (χ0) is 18.5. The Kier molecular flexibility index (Phi) is 3.27. The summed E-state index contributed by atoms with van der Waals surface area (Å²) in [5.41, 5.74) is 2.55. The first kappa shape index (κ1) is 15.4. The molecule has 0 atom stereocenters. The van der Waals surface area contributed by atoms with Gasteiger partial charge in [-0.15, -0.1) is 0 Å². The van der Waals surface area contributed by atoms with Crippen LogP contribution in [0.4, 0.5) is 0 Å². The van der Waals surface area contributed by atoms with E-state index < -0.39 is 0 Å². The average Bonchev–Trinajstić information content (AvgIpc) is 2.76. The minimum absolute atomic E-state index is 1.26. The molecule has 0 saturated heterocycles. The van der Waals surface area contributed by atoms with Crippen LogP contribution in [-0.4, -0.2) is 0 Å². The summed E-state index contributed by atoms with van der Waals surface area (Å²) in [6.45, 7) is 0. The number of fused-ring (bicyclic) bond motifs is 5. The van der Waals surface area contributed by atoms with E-state index in [0.29, 0.717) is 0 Å². The molecule has 0 nitrogen and oxygen atoms in total. The maximum absolute atomic E-state index is 2.38. The third kappa shape index (κ3) is 2.32. The van der Waals surface area contributed by atoms with Crippen LogP contribution in [0.1, 0.15) is 0 Å². The molecule has 0 bridgehead atoms. The molecule has 130 valence electrons. The third-order valence-corrected chi connectivity index (χ3v) is 5.79. The van der Waals surface area contributed by atoms with Gasteiger partial charge in [-0.3, -0.25) is 0 Å². The van der Waals surface area contributed by atoms with Crippen LogP contribution in [0.15, 0.2) is 109 Å². The van der Waals surface area contributed by atoms with E-state index in [-0.39, 0.29) is 0 Å². The van der Waals surface area contributed by atoms with Gasteiger partial charge in [0.1, 0.15) is 0 Å². The molecule has 28 heavy (non-hydrogen) atoms. The van der Waals surface area contributed by atoms with E-state index in [0.717, 1.165) is 0 Å². The van der Waals surface area contributed by atoms with Crippen molar-refractivity contribution in [3.8, 4) is 11.1 Å². The Morgan fingerprint density at radius 3 is 1.68 bits per heavy atom. The normalized spacial score (nSPS) is 11.6. The summed E-state index contributed by atoms with van der Waals surface area (Å²) in [7, 11) is 0. The second-order valence-corrected chi connectivity index (χ2v) is 7.45. The van der Waals surface area contributed by atoms with Crippen LogP contribution in [0.3, 0.4) is 0 Å².